The summed E-state index contributed by atoms with van der Waals surface area (Å²) in [4.78, 5) is 18.0. The van der Waals surface area contributed by atoms with Crippen molar-refractivity contribution in [3.63, 3.8) is 0 Å². The molecule has 6 heteroatoms. The summed E-state index contributed by atoms with van der Waals surface area (Å²) in [6, 6.07) is 1.55. The molecular weight excluding hydrogens is 246 g/mol. The number of nitrogens with two attached hydrogens (primary N) is 1. The molecule has 0 spiro atoms. The molecule has 1 aromatic rings. The van der Waals surface area contributed by atoms with Gasteiger partial charge in [0, 0.05) is 19.2 Å². The largest absolute Gasteiger partial charge is 0.473 e. The Bertz CT molecular complexity index is 464. The molecule has 2 heterocycles. The average molecular weight is 265 g/mol. The van der Waals surface area contributed by atoms with Gasteiger partial charge >= 0.3 is 5.97 Å². The van der Waals surface area contributed by atoms with E-state index in [2.05, 4.69) is 9.88 Å². The first-order chi connectivity index (χ1) is 9.10. The second-order valence-electron chi connectivity index (χ2n) is 4.62. The fourth-order valence-electron chi connectivity index (χ4n) is 2.06. The number of anilines is 1. The SMILES string of the molecule is CCOC(=O)c1cc(OC2CCN(C)C2)ncc1N. The summed E-state index contributed by atoms with van der Waals surface area (Å²) in [7, 11) is 2.05. The third-order valence-corrected chi connectivity index (χ3v) is 3.04. The Kier molecular flexibility index (Phi) is 4.21. The third-order valence-electron chi connectivity index (χ3n) is 3.04. The van der Waals surface area contributed by atoms with Crippen molar-refractivity contribution in [1.29, 1.82) is 0 Å². The van der Waals surface area contributed by atoms with Crippen LogP contribution in [0.25, 0.3) is 0 Å². The highest BCUT2D eigenvalue weighted by Crippen LogP contribution is 2.20. The standard InChI is InChI=1S/C13H19N3O3/c1-3-18-13(17)10-6-12(15-7-11(10)14)19-9-4-5-16(2)8-9/h6-7,9H,3-5,8,14H2,1-2H3. The predicted octanol–water partition coefficient (Wildman–Crippen LogP) is 0.923. The summed E-state index contributed by atoms with van der Waals surface area (Å²) in [6.45, 7) is 3.93. The number of nitrogen functional groups attached to an aromatic ring is 1. The van der Waals surface area contributed by atoms with Crippen LogP contribution in [0.2, 0.25) is 0 Å². The first kappa shape index (κ1) is 13.6. The minimum absolute atomic E-state index is 0.108. The maximum Gasteiger partial charge on any atom is 0.340 e. The number of hydrogen-bond acceptors (Lipinski definition) is 6. The summed E-state index contributed by atoms with van der Waals surface area (Å²) in [6.07, 6.45) is 2.49. The molecule has 19 heavy (non-hydrogen) atoms. The van der Waals surface area contributed by atoms with Crippen molar-refractivity contribution in [3.8, 4) is 5.88 Å². The van der Waals surface area contributed by atoms with Gasteiger partial charge in [0.15, 0.2) is 0 Å². The molecule has 1 fully saturated rings. The molecule has 2 rings (SSSR count). The van der Waals surface area contributed by atoms with Crippen molar-refractivity contribution in [2.75, 3.05) is 32.5 Å². The monoisotopic (exact) mass is 265 g/mol. The van der Waals surface area contributed by atoms with Crippen molar-refractivity contribution in [2.24, 2.45) is 0 Å². The van der Waals surface area contributed by atoms with Crippen molar-refractivity contribution >= 4 is 11.7 Å². The maximum atomic E-state index is 11.7. The highest BCUT2D eigenvalue weighted by atomic mass is 16.5. The van der Waals surface area contributed by atoms with Crippen LogP contribution in [-0.4, -0.2) is 48.7 Å². The number of carbonyl (C=O) groups excluding carboxylic acids is 1. The Labute approximate surface area is 112 Å². The number of pyridine rings is 1. The smallest absolute Gasteiger partial charge is 0.340 e. The second kappa shape index (κ2) is 5.88. The summed E-state index contributed by atoms with van der Waals surface area (Å²) in [5.41, 5.74) is 6.33. The van der Waals surface area contributed by atoms with Gasteiger partial charge in [-0.2, -0.15) is 0 Å². The number of hydrogen-bond donors (Lipinski definition) is 1. The molecule has 1 atom stereocenters. The number of nitrogens with zero attached hydrogens (tertiary/aromatic N) is 2. The predicted molar refractivity (Wildman–Crippen MR) is 71.1 cm³/mol. The van der Waals surface area contributed by atoms with Crippen LogP contribution < -0.4 is 10.5 Å². The van der Waals surface area contributed by atoms with Crippen LogP contribution in [0.15, 0.2) is 12.3 Å². The topological polar surface area (TPSA) is 77.7 Å². The van der Waals surface area contributed by atoms with Crippen LogP contribution in [-0.2, 0) is 4.74 Å². The van der Waals surface area contributed by atoms with Crippen LogP contribution in [0, 0.1) is 0 Å². The van der Waals surface area contributed by atoms with Gasteiger partial charge in [-0.25, -0.2) is 9.78 Å². The molecule has 0 bridgehead atoms. The van der Waals surface area contributed by atoms with Gasteiger partial charge < -0.3 is 20.1 Å². The molecule has 0 aliphatic carbocycles. The molecule has 1 aliphatic heterocycles. The summed E-state index contributed by atoms with van der Waals surface area (Å²) in [5.74, 6) is -0.0339. The number of esters is 1. The van der Waals surface area contributed by atoms with Crippen molar-refractivity contribution in [3.05, 3.63) is 17.8 Å². The fourth-order valence-corrected chi connectivity index (χ4v) is 2.06. The van der Waals surface area contributed by atoms with E-state index >= 15 is 0 Å². The molecule has 0 amide bonds. The Morgan fingerprint density at radius 1 is 1.63 bits per heavy atom. The van der Waals surface area contributed by atoms with E-state index in [9.17, 15) is 4.79 Å². The van der Waals surface area contributed by atoms with E-state index in [4.69, 9.17) is 15.2 Å². The average Bonchev–Trinajstić information content (AvgIpc) is 2.77. The zero-order valence-corrected chi connectivity index (χ0v) is 11.3. The first-order valence-corrected chi connectivity index (χ1v) is 6.38. The van der Waals surface area contributed by atoms with E-state index in [0.29, 0.717) is 23.7 Å². The van der Waals surface area contributed by atoms with Crippen molar-refractivity contribution in [2.45, 2.75) is 19.4 Å². The lowest BCUT2D eigenvalue weighted by molar-refractivity contribution is 0.0526. The minimum Gasteiger partial charge on any atom is -0.473 e. The van der Waals surface area contributed by atoms with Crippen molar-refractivity contribution in [1.82, 2.24) is 9.88 Å². The van der Waals surface area contributed by atoms with E-state index in [1.165, 1.54) is 6.20 Å². The number of carbonyl (C=O) groups is 1. The van der Waals surface area contributed by atoms with Gasteiger partial charge in [0.05, 0.1) is 24.1 Å². The molecule has 6 nitrogen and oxygen atoms in total. The Morgan fingerprint density at radius 2 is 2.42 bits per heavy atom. The second-order valence-corrected chi connectivity index (χ2v) is 4.62. The molecule has 1 saturated heterocycles. The molecule has 1 aliphatic rings. The zero-order valence-electron chi connectivity index (χ0n) is 11.3. The number of ether oxygens (including phenoxy) is 2. The van der Waals surface area contributed by atoms with Gasteiger partial charge in [0.1, 0.15) is 6.10 Å². The molecule has 0 radical (unpaired) electrons. The molecule has 1 aromatic heterocycles. The molecular formula is C13H19N3O3. The molecule has 104 valence electrons. The Morgan fingerprint density at radius 3 is 3.05 bits per heavy atom. The third kappa shape index (κ3) is 3.35. The minimum atomic E-state index is -0.448. The number of aromatic nitrogens is 1. The normalized spacial score (nSPS) is 19.4. The summed E-state index contributed by atoms with van der Waals surface area (Å²) < 4.78 is 10.7. The lowest BCUT2D eigenvalue weighted by Gasteiger charge is -2.14. The number of rotatable bonds is 4. The Hall–Kier alpha value is -1.82. The van der Waals surface area contributed by atoms with Gasteiger partial charge in [0.25, 0.3) is 0 Å². The van der Waals surface area contributed by atoms with Gasteiger partial charge in [0.2, 0.25) is 5.88 Å². The highest BCUT2D eigenvalue weighted by Gasteiger charge is 2.22. The molecule has 0 aromatic carbocycles. The van der Waals surface area contributed by atoms with Gasteiger partial charge in [-0.05, 0) is 20.4 Å². The van der Waals surface area contributed by atoms with E-state index in [0.717, 1.165) is 19.5 Å². The first-order valence-electron chi connectivity index (χ1n) is 6.38. The van der Waals surface area contributed by atoms with Crippen LogP contribution in [0.5, 0.6) is 5.88 Å². The highest BCUT2D eigenvalue weighted by molar-refractivity contribution is 5.95. The maximum absolute atomic E-state index is 11.7. The van der Waals surface area contributed by atoms with Crippen LogP contribution in [0.4, 0.5) is 5.69 Å². The molecule has 2 N–H and O–H groups in total. The molecule has 1 unspecified atom stereocenters. The quantitative estimate of drug-likeness (QED) is 0.816. The summed E-state index contributed by atoms with van der Waals surface area (Å²) >= 11 is 0. The van der Waals surface area contributed by atoms with Gasteiger partial charge in [-0.15, -0.1) is 0 Å². The van der Waals surface area contributed by atoms with E-state index in [1.807, 2.05) is 7.05 Å². The fraction of sp³-hybridized carbons (Fsp3) is 0.538. The van der Waals surface area contributed by atoms with Crippen LogP contribution in [0.1, 0.15) is 23.7 Å². The lowest BCUT2D eigenvalue weighted by Crippen LogP contribution is -2.22. The van der Waals surface area contributed by atoms with Crippen LogP contribution >= 0.6 is 0 Å². The number of likely N-dealkylation sites (tertiary alicyclic amines) is 1. The lowest BCUT2D eigenvalue weighted by atomic mass is 10.2. The van der Waals surface area contributed by atoms with Gasteiger partial charge in [-0.3, -0.25) is 0 Å². The van der Waals surface area contributed by atoms with Crippen molar-refractivity contribution < 1.29 is 14.3 Å². The van der Waals surface area contributed by atoms with E-state index in [-0.39, 0.29) is 6.10 Å². The zero-order chi connectivity index (χ0) is 13.8. The molecule has 0 saturated carbocycles. The summed E-state index contributed by atoms with van der Waals surface area (Å²) in [5, 5.41) is 0. The van der Waals surface area contributed by atoms with Gasteiger partial charge in [-0.1, -0.05) is 0 Å². The van der Waals surface area contributed by atoms with Crippen LogP contribution in [0.3, 0.4) is 0 Å². The van der Waals surface area contributed by atoms with E-state index in [1.54, 1.807) is 13.0 Å². The number of likely N-dealkylation sites (N-methyl/N-ethyl adjacent to an activating group) is 1. The van der Waals surface area contributed by atoms with E-state index < -0.39 is 5.97 Å². The Balaban J connectivity index is 2.09.